The minimum absolute atomic E-state index is 0.0745. The highest BCUT2D eigenvalue weighted by Crippen LogP contribution is 2.37. The van der Waals surface area contributed by atoms with Gasteiger partial charge in [-0.1, -0.05) is 20.8 Å². The number of rotatable bonds is 5. The second-order valence-electron chi connectivity index (χ2n) is 9.29. The van der Waals surface area contributed by atoms with Gasteiger partial charge >= 0.3 is 6.09 Å². The quantitative estimate of drug-likeness (QED) is 0.703. The van der Waals surface area contributed by atoms with Gasteiger partial charge in [0.05, 0.1) is 11.6 Å². The summed E-state index contributed by atoms with van der Waals surface area (Å²) >= 11 is 0. The van der Waals surface area contributed by atoms with E-state index in [1.807, 2.05) is 20.8 Å². The minimum Gasteiger partial charge on any atom is -0.444 e. The first kappa shape index (κ1) is 21.7. The Hall–Kier alpha value is -1.37. The first-order valence-corrected chi connectivity index (χ1v) is 8.77. The molecule has 2 atom stereocenters. The predicted octanol–water partition coefficient (Wildman–Crippen LogP) is 2.68. The molecule has 0 radical (unpaired) electrons. The number of carbonyl (C=O) groups is 2. The molecular weight excluding hydrogens is 327 g/mol. The summed E-state index contributed by atoms with van der Waals surface area (Å²) in [5, 5.41) is 15.3. The van der Waals surface area contributed by atoms with Gasteiger partial charge in [0.2, 0.25) is 5.91 Å². The summed E-state index contributed by atoms with van der Waals surface area (Å²) in [5.41, 5.74) is -1.87. The van der Waals surface area contributed by atoms with Gasteiger partial charge in [-0.15, -0.1) is 0 Å². The molecule has 1 fully saturated rings. The number of aliphatic hydroxyl groups excluding tert-OH is 1. The molecule has 1 saturated carbocycles. The molecule has 7 heteroatoms. The molecule has 0 spiro atoms. The van der Waals surface area contributed by atoms with E-state index in [4.69, 9.17) is 4.74 Å². The fraction of sp³-hybridized carbons (Fsp3) is 0.889. The van der Waals surface area contributed by atoms with Gasteiger partial charge in [-0.2, -0.15) is 0 Å². The molecule has 0 heterocycles. The van der Waals surface area contributed by atoms with Crippen molar-refractivity contribution in [2.24, 2.45) is 5.41 Å². The number of aliphatic hydroxyl groups is 1. The van der Waals surface area contributed by atoms with Gasteiger partial charge < -0.3 is 20.5 Å². The number of amides is 2. The van der Waals surface area contributed by atoms with E-state index in [0.717, 1.165) is 0 Å². The lowest BCUT2D eigenvalue weighted by Gasteiger charge is -2.47. The Morgan fingerprint density at radius 1 is 1.24 bits per heavy atom. The van der Waals surface area contributed by atoms with Crippen molar-refractivity contribution >= 4 is 12.0 Å². The Morgan fingerprint density at radius 2 is 1.76 bits per heavy atom. The van der Waals surface area contributed by atoms with Crippen molar-refractivity contribution in [1.82, 2.24) is 10.6 Å². The third kappa shape index (κ3) is 6.80. The topological polar surface area (TPSA) is 87.7 Å². The molecule has 0 aromatic rings. The maximum Gasteiger partial charge on any atom is 0.408 e. The number of hydrogen-bond acceptors (Lipinski definition) is 4. The normalized spacial score (nSPS) is 26.2. The lowest BCUT2D eigenvalue weighted by Crippen LogP contribution is -2.67. The van der Waals surface area contributed by atoms with Crippen LogP contribution in [-0.4, -0.2) is 46.6 Å². The first-order valence-electron chi connectivity index (χ1n) is 8.77. The van der Waals surface area contributed by atoms with Crippen molar-refractivity contribution in [3.63, 3.8) is 0 Å². The van der Waals surface area contributed by atoms with Crippen LogP contribution in [0.15, 0.2) is 0 Å². The summed E-state index contributed by atoms with van der Waals surface area (Å²) in [7, 11) is 0. The van der Waals surface area contributed by atoms with Crippen molar-refractivity contribution in [2.75, 3.05) is 0 Å². The highest BCUT2D eigenvalue weighted by molar-refractivity contribution is 5.86. The molecule has 2 unspecified atom stereocenters. The minimum atomic E-state index is -1.03. The van der Waals surface area contributed by atoms with E-state index >= 15 is 0 Å². The highest BCUT2D eigenvalue weighted by Gasteiger charge is 2.50. The van der Waals surface area contributed by atoms with Crippen LogP contribution in [0.3, 0.4) is 0 Å². The lowest BCUT2D eigenvalue weighted by atomic mass is 9.71. The van der Waals surface area contributed by atoms with Crippen LogP contribution in [0, 0.1) is 5.41 Å². The molecule has 0 saturated heterocycles. The lowest BCUT2D eigenvalue weighted by molar-refractivity contribution is -0.131. The zero-order chi connectivity index (χ0) is 19.6. The molecule has 25 heavy (non-hydrogen) atoms. The number of hydrogen-bond donors (Lipinski definition) is 3. The van der Waals surface area contributed by atoms with Crippen LogP contribution in [0.1, 0.15) is 67.7 Å². The number of alkyl carbamates (subject to hydrolysis) is 1. The van der Waals surface area contributed by atoms with Crippen LogP contribution in [-0.2, 0) is 9.53 Å². The summed E-state index contributed by atoms with van der Waals surface area (Å²) < 4.78 is 18.6. The molecule has 0 bridgehead atoms. The van der Waals surface area contributed by atoms with Gasteiger partial charge in [0, 0.05) is 12.8 Å². The van der Waals surface area contributed by atoms with Gasteiger partial charge in [0.1, 0.15) is 17.8 Å². The third-order valence-corrected chi connectivity index (χ3v) is 4.17. The smallest absolute Gasteiger partial charge is 0.408 e. The summed E-state index contributed by atoms with van der Waals surface area (Å²) in [6.45, 7) is 12.6. The second kappa shape index (κ2) is 7.48. The third-order valence-electron chi connectivity index (χ3n) is 4.17. The molecule has 6 nitrogen and oxygen atoms in total. The zero-order valence-corrected chi connectivity index (χ0v) is 16.4. The second-order valence-corrected chi connectivity index (χ2v) is 9.29. The van der Waals surface area contributed by atoms with Crippen LogP contribution < -0.4 is 10.6 Å². The van der Waals surface area contributed by atoms with Crippen molar-refractivity contribution in [1.29, 1.82) is 0 Å². The Labute approximate surface area is 149 Å². The molecular formula is C18H33FN2O4. The average molecular weight is 360 g/mol. The molecule has 1 aliphatic rings. The fourth-order valence-electron chi connectivity index (χ4n) is 2.88. The van der Waals surface area contributed by atoms with Crippen LogP contribution in [0.5, 0.6) is 0 Å². The van der Waals surface area contributed by atoms with Gasteiger partial charge in [-0.25, -0.2) is 9.18 Å². The summed E-state index contributed by atoms with van der Waals surface area (Å²) in [6, 6.07) is -0.830. The molecule has 1 aliphatic carbocycles. The summed E-state index contributed by atoms with van der Waals surface area (Å²) in [4.78, 5) is 24.8. The summed E-state index contributed by atoms with van der Waals surface area (Å²) in [6.07, 6.45) is -2.06. The van der Waals surface area contributed by atoms with Crippen molar-refractivity contribution in [3.8, 4) is 0 Å². The number of halogens is 1. The fourth-order valence-corrected chi connectivity index (χ4v) is 2.88. The number of nitrogens with one attached hydrogen (secondary N) is 2. The van der Waals surface area contributed by atoms with E-state index in [1.54, 1.807) is 20.8 Å². The number of alkyl halides is 1. The SMILES string of the molecule is CC(O)C1(NC(=O)C(CC(C)(C)C)NC(=O)OC(C)(C)C)CC(F)C1. The van der Waals surface area contributed by atoms with Crippen molar-refractivity contribution in [2.45, 2.75) is 97.2 Å². The van der Waals surface area contributed by atoms with Crippen molar-refractivity contribution < 1.29 is 23.8 Å². The highest BCUT2D eigenvalue weighted by atomic mass is 19.1. The van der Waals surface area contributed by atoms with E-state index < -0.39 is 41.5 Å². The van der Waals surface area contributed by atoms with Crippen LogP contribution in [0.2, 0.25) is 0 Å². The van der Waals surface area contributed by atoms with E-state index in [-0.39, 0.29) is 18.3 Å². The monoisotopic (exact) mass is 360 g/mol. The Kier molecular flexibility index (Phi) is 6.48. The Morgan fingerprint density at radius 3 is 2.12 bits per heavy atom. The molecule has 0 aromatic heterocycles. The van der Waals surface area contributed by atoms with Crippen LogP contribution in [0.4, 0.5) is 9.18 Å². The van der Waals surface area contributed by atoms with E-state index in [9.17, 15) is 19.1 Å². The number of carbonyl (C=O) groups excluding carboxylic acids is 2. The largest absolute Gasteiger partial charge is 0.444 e. The first-order chi connectivity index (χ1) is 11.1. The molecule has 0 aromatic carbocycles. The van der Waals surface area contributed by atoms with E-state index in [1.165, 1.54) is 6.92 Å². The maximum atomic E-state index is 13.3. The van der Waals surface area contributed by atoms with Gasteiger partial charge in [-0.05, 0) is 39.5 Å². The Bertz CT molecular complexity index is 488. The maximum absolute atomic E-state index is 13.3. The average Bonchev–Trinajstić information content (AvgIpc) is 2.31. The molecule has 0 aliphatic heterocycles. The molecule has 3 N–H and O–H groups in total. The molecule has 2 amide bonds. The van der Waals surface area contributed by atoms with Crippen LogP contribution >= 0.6 is 0 Å². The van der Waals surface area contributed by atoms with Gasteiger partial charge in [-0.3, -0.25) is 4.79 Å². The standard InChI is InChI=1S/C18H33FN2O4/c1-11(22)18(8-12(19)9-18)21-14(23)13(10-16(2,3)4)20-15(24)25-17(5,6)7/h11-13,22H,8-10H2,1-7H3,(H,20,24)(H,21,23). The zero-order valence-electron chi connectivity index (χ0n) is 16.4. The predicted molar refractivity (Wildman–Crippen MR) is 93.9 cm³/mol. The van der Waals surface area contributed by atoms with Crippen LogP contribution in [0.25, 0.3) is 0 Å². The number of ether oxygens (including phenoxy) is 1. The molecule has 1 rings (SSSR count). The van der Waals surface area contributed by atoms with E-state index in [0.29, 0.717) is 6.42 Å². The summed E-state index contributed by atoms with van der Waals surface area (Å²) in [5.74, 6) is -0.436. The Balaban J connectivity index is 2.84. The van der Waals surface area contributed by atoms with E-state index in [2.05, 4.69) is 10.6 Å². The molecule has 146 valence electrons. The van der Waals surface area contributed by atoms with Crippen molar-refractivity contribution in [3.05, 3.63) is 0 Å². The van der Waals surface area contributed by atoms with Gasteiger partial charge in [0.25, 0.3) is 0 Å². The van der Waals surface area contributed by atoms with Gasteiger partial charge in [0.15, 0.2) is 0 Å².